The zero-order valence-corrected chi connectivity index (χ0v) is 19.1. The van der Waals surface area contributed by atoms with Gasteiger partial charge in [0, 0.05) is 12.6 Å². The molecule has 10 nitrogen and oxygen atoms in total. The van der Waals surface area contributed by atoms with Gasteiger partial charge in [0.2, 0.25) is 11.1 Å². The van der Waals surface area contributed by atoms with E-state index in [-0.39, 0.29) is 11.7 Å². The first kappa shape index (κ1) is 23.2. The third kappa shape index (κ3) is 5.61. The highest BCUT2D eigenvalue weighted by molar-refractivity contribution is 7.99. The van der Waals surface area contributed by atoms with Crippen LogP contribution in [0.3, 0.4) is 0 Å². The fourth-order valence-corrected chi connectivity index (χ4v) is 3.66. The minimum atomic E-state index is -0.123. The van der Waals surface area contributed by atoms with Crippen molar-refractivity contribution < 1.29 is 23.7 Å². The van der Waals surface area contributed by atoms with E-state index >= 15 is 0 Å². The molecule has 32 heavy (non-hydrogen) atoms. The molecule has 170 valence electrons. The molecule has 0 spiro atoms. The van der Waals surface area contributed by atoms with Crippen molar-refractivity contribution in [2.75, 3.05) is 40.7 Å². The summed E-state index contributed by atoms with van der Waals surface area (Å²) in [7, 11) is 6.33. The van der Waals surface area contributed by atoms with Gasteiger partial charge in [0.1, 0.15) is 17.2 Å². The summed E-state index contributed by atoms with van der Waals surface area (Å²) in [6, 6.07) is 11.0. The number of hydrogen-bond donors (Lipinski definition) is 1. The third-order valence-corrected chi connectivity index (χ3v) is 5.49. The van der Waals surface area contributed by atoms with E-state index < -0.39 is 0 Å². The predicted octanol–water partition coefficient (Wildman–Crippen LogP) is 2.15. The van der Waals surface area contributed by atoms with Crippen molar-refractivity contribution in [2.24, 2.45) is 0 Å². The molecular weight excluding hydrogens is 434 g/mol. The molecule has 0 aliphatic rings. The first-order valence-corrected chi connectivity index (χ1v) is 10.7. The standard InChI is InChI=1S/C21H25N5O5S/c1-28-15-6-8-17(29-2)16(12-15)26-21(23-24-25-26)32-13-20(27)22-10-9-14-5-7-18(30-3)19(11-14)31-4/h5-8,11-12H,9-10,13H2,1-4H3,(H,22,27). The van der Waals surface area contributed by atoms with Gasteiger partial charge in [-0.2, -0.15) is 4.68 Å². The number of nitrogens with one attached hydrogen (secondary N) is 1. The number of thioether (sulfide) groups is 1. The van der Waals surface area contributed by atoms with Crippen LogP contribution in [0, 0.1) is 0 Å². The Hall–Kier alpha value is -3.47. The van der Waals surface area contributed by atoms with Gasteiger partial charge < -0.3 is 24.3 Å². The van der Waals surface area contributed by atoms with Gasteiger partial charge in [-0.05, 0) is 46.7 Å². The molecule has 0 aliphatic heterocycles. The quantitative estimate of drug-likeness (QED) is 0.431. The van der Waals surface area contributed by atoms with Gasteiger partial charge in [-0.25, -0.2) is 0 Å². The van der Waals surface area contributed by atoms with Crippen LogP contribution in [0.1, 0.15) is 5.56 Å². The second kappa shape index (κ2) is 11.2. The Balaban J connectivity index is 1.56. The third-order valence-electron chi connectivity index (χ3n) is 4.57. The highest BCUT2D eigenvalue weighted by Crippen LogP contribution is 2.30. The molecule has 0 bridgehead atoms. The number of amides is 1. The Morgan fingerprint density at radius 2 is 1.72 bits per heavy atom. The molecule has 1 aromatic heterocycles. The molecule has 0 aliphatic carbocycles. The van der Waals surface area contributed by atoms with E-state index in [1.807, 2.05) is 18.2 Å². The number of tetrazole rings is 1. The van der Waals surface area contributed by atoms with Crippen molar-refractivity contribution in [3.8, 4) is 28.7 Å². The number of benzene rings is 2. The van der Waals surface area contributed by atoms with E-state index in [1.54, 1.807) is 46.6 Å². The molecule has 3 aromatic rings. The van der Waals surface area contributed by atoms with Crippen molar-refractivity contribution in [2.45, 2.75) is 11.6 Å². The Labute approximate surface area is 190 Å². The molecule has 3 rings (SSSR count). The van der Waals surface area contributed by atoms with Crippen LogP contribution in [-0.2, 0) is 11.2 Å². The fourth-order valence-electron chi connectivity index (χ4n) is 2.95. The van der Waals surface area contributed by atoms with E-state index in [1.165, 1.54) is 16.4 Å². The van der Waals surface area contributed by atoms with Gasteiger partial charge >= 0.3 is 0 Å². The van der Waals surface area contributed by atoms with Crippen LogP contribution in [0.4, 0.5) is 0 Å². The van der Waals surface area contributed by atoms with Crippen molar-refractivity contribution in [1.82, 2.24) is 25.5 Å². The second-order valence-corrected chi connectivity index (χ2v) is 7.43. The number of hydrogen-bond acceptors (Lipinski definition) is 9. The number of nitrogens with zero attached hydrogens (tertiary/aromatic N) is 4. The Morgan fingerprint density at radius 3 is 2.44 bits per heavy atom. The van der Waals surface area contributed by atoms with Crippen molar-refractivity contribution >= 4 is 17.7 Å². The number of rotatable bonds is 11. The lowest BCUT2D eigenvalue weighted by molar-refractivity contribution is -0.118. The zero-order chi connectivity index (χ0) is 22.9. The van der Waals surface area contributed by atoms with Crippen LogP contribution < -0.4 is 24.3 Å². The number of carbonyl (C=O) groups is 1. The SMILES string of the molecule is COc1ccc(OC)c(-n2nnnc2SCC(=O)NCCc2ccc(OC)c(OC)c2)c1. The summed E-state index contributed by atoms with van der Waals surface area (Å²) in [5, 5.41) is 15.1. The molecule has 1 heterocycles. The summed E-state index contributed by atoms with van der Waals surface area (Å²) < 4.78 is 22.7. The topological polar surface area (TPSA) is 110 Å². The molecule has 0 unspecified atom stereocenters. The van der Waals surface area contributed by atoms with Crippen LogP contribution in [0.2, 0.25) is 0 Å². The summed E-state index contributed by atoms with van der Waals surface area (Å²) in [6.45, 7) is 0.490. The van der Waals surface area contributed by atoms with E-state index in [4.69, 9.17) is 18.9 Å². The summed E-state index contributed by atoms with van der Waals surface area (Å²) in [6.07, 6.45) is 0.662. The van der Waals surface area contributed by atoms with Gasteiger partial charge in [-0.3, -0.25) is 4.79 Å². The molecule has 0 fully saturated rings. The van der Waals surface area contributed by atoms with Gasteiger partial charge in [-0.15, -0.1) is 5.10 Å². The predicted molar refractivity (Wildman–Crippen MR) is 119 cm³/mol. The van der Waals surface area contributed by atoms with E-state index in [0.29, 0.717) is 46.8 Å². The number of carbonyl (C=O) groups excluding carboxylic acids is 1. The Kier molecular flexibility index (Phi) is 8.14. The summed E-state index contributed by atoms with van der Waals surface area (Å²) in [5.41, 5.74) is 1.65. The van der Waals surface area contributed by atoms with Gasteiger partial charge in [0.25, 0.3) is 0 Å². The first-order valence-electron chi connectivity index (χ1n) is 9.70. The zero-order valence-electron chi connectivity index (χ0n) is 18.3. The summed E-state index contributed by atoms with van der Waals surface area (Å²) in [4.78, 5) is 12.3. The molecule has 0 atom stereocenters. The van der Waals surface area contributed by atoms with Gasteiger partial charge in [-0.1, -0.05) is 17.8 Å². The average Bonchev–Trinajstić information content (AvgIpc) is 3.30. The van der Waals surface area contributed by atoms with Crippen LogP contribution in [-0.4, -0.2) is 66.9 Å². The van der Waals surface area contributed by atoms with Crippen molar-refractivity contribution in [3.05, 3.63) is 42.0 Å². The maximum Gasteiger partial charge on any atom is 0.230 e. The van der Waals surface area contributed by atoms with E-state index in [0.717, 1.165) is 5.56 Å². The molecule has 0 saturated carbocycles. The molecule has 1 amide bonds. The Morgan fingerprint density at radius 1 is 0.969 bits per heavy atom. The lowest BCUT2D eigenvalue weighted by atomic mass is 10.1. The minimum Gasteiger partial charge on any atom is -0.497 e. The Bertz CT molecular complexity index is 1060. The van der Waals surface area contributed by atoms with E-state index in [9.17, 15) is 4.79 Å². The molecule has 0 radical (unpaired) electrons. The second-order valence-electron chi connectivity index (χ2n) is 6.49. The maximum atomic E-state index is 12.3. The summed E-state index contributed by atoms with van der Waals surface area (Å²) in [5.74, 6) is 2.59. The first-order chi connectivity index (χ1) is 15.6. The highest BCUT2D eigenvalue weighted by atomic mass is 32.2. The molecule has 0 saturated heterocycles. The van der Waals surface area contributed by atoms with Crippen LogP contribution >= 0.6 is 11.8 Å². The van der Waals surface area contributed by atoms with Crippen LogP contribution in [0.5, 0.6) is 23.0 Å². The monoisotopic (exact) mass is 459 g/mol. The van der Waals surface area contributed by atoms with Crippen LogP contribution in [0.15, 0.2) is 41.6 Å². The fraction of sp³-hybridized carbons (Fsp3) is 0.333. The van der Waals surface area contributed by atoms with Gasteiger partial charge in [0.15, 0.2) is 11.5 Å². The smallest absolute Gasteiger partial charge is 0.230 e. The average molecular weight is 460 g/mol. The maximum absolute atomic E-state index is 12.3. The lowest BCUT2D eigenvalue weighted by Gasteiger charge is -2.11. The summed E-state index contributed by atoms with van der Waals surface area (Å²) >= 11 is 1.23. The van der Waals surface area contributed by atoms with Crippen molar-refractivity contribution in [3.63, 3.8) is 0 Å². The number of aromatic nitrogens is 4. The minimum absolute atomic E-state index is 0.123. The molecule has 1 N–H and O–H groups in total. The molecular formula is C21H25N5O5S. The lowest BCUT2D eigenvalue weighted by Crippen LogP contribution is -2.27. The number of methoxy groups -OCH3 is 4. The molecule has 11 heteroatoms. The largest absolute Gasteiger partial charge is 0.497 e. The number of ether oxygens (including phenoxy) is 4. The normalized spacial score (nSPS) is 10.5. The van der Waals surface area contributed by atoms with Crippen LogP contribution in [0.25, 0.3) is 5.69 Å². The molecule has 2 aromatic carbocycles. The van der Waals surface area contributed by atoms with E-state index in [2.05, 4.69) is 20.8 Å². The van der Waals surface area contributed by atoms with Crippen molar-refractivity contribution in [1.29, 1.82) is 0 Å². The van der Waals surface area contributed by atoms with Gasteiger partial charge in [0.05, 0.1) is 34.2 Å². The highest BCUT2D eigenvalue weighted by Gasteiger charge is 2.16.